The van der Waals surface area contributed by atoms with Crippen LogP contribution in [0.25, 0.3) is 0 Å². The van der Waals surface area contributed by atoms with E-state index in [1.54, 1.807) is 0 Å². The molecule has 6 nitrogen and oxygen atoms in total. The van der Waals surface area contributed by atoms with Crippen LogP contribution < -0.4 is 10.6 Å². The normalized spacial score (nSPS) is 16.7. The molecule has 1 aromatic rings. The lowest BCUT2D eigenvalue weighted by molar-refractivity contribution is -0.183. The van der Waals surface area contributed by atoms with Crippen LogP contribution in [0.15, 0.2) is 11.2 Å². The molecule has 0 bridgehead atoms. The Balaban J connectivity index is 0.00000338. The molecule has 0 radical (unpaired) electrons. The number of carbonyl (C=O) groups is 1. The van der Waals surface area contributed by atoms with Gasteiger partial charge in [0.05, 0.1) is 5.75 Å². The molecule has 2 rings (SSSR count). The Morgan fingerprint density at radius 3 is 2.42 bits per heavy atom. The van der Waals surface area contributed by atoms with Crippen molar-refractivity contribution in [2.24, 2.45) is 0 Å². The van der Waals surface area contributed by atoms with Crippen LogP contribution in [0.5, 0.6) is 0 Å². The third kappa shape index (κ3) is 7.26. The summed E-state index contributed by atoms with van der Waals surface area (Å²) in [5.74, 6) is -0.480. The number of thioether (sulfide) groups is 1. The Bertz CT molecular complexity index is 579. The van der Waals surface area contributed by atoms with Crippen molar-refractivity contribution in [1.29, 1.82) is 0 Å². The van der Waals surface area contributed by atoms with Crippen LogP contribution in [0.1, 0.15) is 11.4 Å². The van der Waals surface area contributed by atoms with Gasteiger partial charge in [-0.1, -0.05) is 11.8 Å². The van der Waals surface area contributed by atoms with Crippen LogP contribution in [0.3, 0.4) is 0 Å². The summed E-state index contributed by atoms with van der Waals surface area (Å²) in [6.45, 7) is 4.84. The first-order chi connectivity index (χ1) is 11.8. The fraction of sp³-hybridized carbons (Fsp3) is 0.667. The van der Waals surface area contributed by atoms with Crippen molar-refractivity contribution in [3.8, 4) is 0 Å². The summed E-state index contributed by atoms with van der Waals surface area (Å²) in [6, 6.07) is 0.145. The van der Waals surface area contributed by atoms with Gasteiger partial charge in [0.1, 0.15) is 6.04 Å². The van der Waals surface area contributed by atoms with E-state index in [4.69, 9.17) is 0 Å². The van der Waals surface area contributed by atoms with Crippen molar-refractivity contribution in [1.82, 2.24) is 25.5 Å². The average molecular weight is 414 g/mol. The predicted molar refractivity (Wildman–Crippen MR) is 96.8 cm³/mol. The number of amides is 1. The standard InChI is InChI=1S/C15H22F3N5OS.ClH/c1-10-7-11(2)22-14(21-10)25-9-13(24)20-8-12(15(16,17)18)23-5-3-19-4-6-23;/h7,12,19H,3-6,8-9H2,1-2H3,(H,20,24);1H. The van der Waals surface area contributed by atoms with Crippen LogP contribution in [0, 0.1) is 13.8 Å². The summed E-state index contributed by atoms with van der Waals surface area (Å²) in [4.78, 5) is 21.7. The van der Waals surface area contributed by atoms with Crippen LogP contribution >= 0.6 is 24.2 Å². The van der Waals surface area contributed by atoms with Crippen molar-refractivity contribution >= 4 is 30.1 Å². The molecule has 0 aliphatic carbocycles. The molecule has 11 heteroatoms. The minimum absolute atomic E-state index is 0. The number of hydrogen-bond acceptors (Lipinski definition) is 6. The maximum absolute atomic E-state index is 13.3. The number of aromatic nitrogens is 2. The highest BCUT2D eigenvalue weighted by atomic mass is 35.5. The van der Waals surface area contributed by atoms with E-state index in [1.807, 2.05) is 19.9 Å². The van der Waals surface area contributed by atoms with Gasteiger partial charge in [0.2, 0.25) is 5.91 Å². The van der Waals surface area contributed by atoms with Crippen LogP contribution in [0.2, 0.25) is 0 Å². The molecule has 26 heavy (non-hydrogen) atoms. The second-order valence-electron chi connectivity index (χ2n) is 5.87. The second kappa shape index (κ2) is 10.3. The van der Waals surface area contributed by atoms with Gasteiger partial charge in [-0.3, -0.25) is 9.69 Å². The molecular weight excluding hydrogens is 391 g/mol. The minimum Gasteiger partial charge on any atom is -0.353 e. The quantitative estimate of drug-likeness (QED) is 0.545. The smallest absolute Gasteiger partial charge is 0.353 e. The Kier molecular flexibility index (Phi) is 9.08. The number of halogens is 4. The highest BCUT2D eigenvalue weighted by Crippen LogP contribution is 2.24. The fourth-order valence-electron chi connectivity index (χ4n) is 2.60. The largest absolute Gasteiger partial charge is 0.405 e. The summed E-state index contributed by atoms with van der Waals surface area (Å²) in [7, 11) is 0. The number of nitrogens with zero attached hydrogens (tertiary/aromatic N) is 3. The van der Waals surface area contributed by atoms with Gasteiger partial charge < -0.3 is 10.6 Å². The number of alkyl halides is 3. The Labute approximate surface area is 161 Å². The van der Waals surface area contributed by atoms with Crippen molar-refractivity contribution in [2.45, 2.75) is 31.2 Å². The Morgan fingerprint density at radius 1 is 1.31 bits per heavy atom. The predicted octanol–water partition coefficient (Wildman–Crippen LogP) is 1.56. The molecule has 0 saturated carbocycles. The SMILES string of the molecule is Cc1cc(C)nc(SCC(=O)NCC(N2CCNCC2)C(F)(F)F)n1.Cl. The zero-order valence-corrected chi connectivity index (χ0v) is 16.2. The molecule has 1 aliphatic heterocycles. The number of aryl methyl sites for hydroxylation is 2. The molecule has 148 valence electrons. The summed E-state index contributed by atoms with van der Waals surface area (Å²) in [5.41, 5.74) is 1.57. The van der Waals surface area contributed by atoms with Crippen molar-refractivity contribution < 1.29 is 18.0 Å². The summed E-state index contributed by atoms with van der Waals surface area (Å²) >= 11 is 1.11. The number of hydrogen-bond donors (Lipinski definition) is 2. The zero-order valence-electron chi connectivity index (χ0n) is 14.6. The number of rotatable bonds is 6. The van der Waals surface area contributed by atoms with Gasteiger partial charge in [-0.05, 0) is 19.9 Å². The van der Waals surface area contributed by atoms with Gasteiger partial charge in [0, 0.05) is 44.1 Å². The number of nitrogens with one attached hydrogen (secondary N) is 2. The molecule has 1 amide bonds. The topological polar surface area (TPSA) is 70.2 Å². The summed E-state index contributed by atoms with van der Waals surface area (Å²) < 4.78 is 39.8. The first kappa shape index (κ1) is 22.9. The lowest BCUT2D eigenvalue weighted by Crippen LogP contribution is -2.57. The highest BCUT2D eigenvalue weighted by molar-refractivity contribution is 7.99. The van der Waals surface area contributed by atoms with E-state index in [2.05, 4.69) is 20.6 Å². The molecule has 0 aromatic carbocycles. The average Bonchev–Trinajstić information content (AvgIpc) is 2.52. The third-order valence-corrected chi connectivity index (χ3v) is 4.60. The molecule has 1 atom stereocenters. The highest BCUT2D eigenvalue weighted by Gasteiger charge is 2.43. The van der Waals surface area contributed by atoms with Crippen LogP contribution in [0.4, 0.5) is 13.2 Å². The first-order valence-electron chi connectivity index (χ1n) is 7.99. The van der Waals surface area contributed by atoms with Gasteiger partial charge in [-0.25, -0.2) is 9.97 Å². The fourth-order valence-corrected chi connectivity index (χ4v) is 3.37. The lowest BCUT2D eigenvalue weighted by atomic mass is 10.2. The molecule has 1 saturated heterocycles. The zero-order chi connectivity index (χ0) is 18.4. The summed E-state index contributed by atoms with van der Waals surface area (Å²) in [6.07, 6.45) is -4.38. The van der Waals surface area contributed by atoms with Crippen LogP contribution in [-0.4, -0.2) is 71.5 Å². The first-order valence-corrected chi connectivity index (χ1v) is 8.97. The van der Waals surface area contributed by atoms with E-state index in [0.29, 0.717) is 31.3 Å². The molecule has 1 fully saturated rings. The molecule has 2 N–H and O–H groups in total. The van der Waals surface area contributed by atoms with Gasteiger partial charge in [0.15, 0.2) is 5.16 Å². The molecule has 1 unspecified atom stereocenters. The van der Waals surface area contributed by atoms with Gasteiger partial charge >= 0.3 is 6.18 Å². The second-order valence-corrected chi connectivity index (χ2v) is 6.81. The van der Waals surface area contributed by atoms with Gasteiger partial charge in [-0.15, -0.1) is 12.4 Å². The number of piperazine rings is 1. The van der Waals surface area contributed by atoms with Crippen molar-refractivity contribution in [2.75, 3.05) is 38.5 Å². The van der Waals surface area contributed by atoms with E-state index in [0.717, 1.165) is 23.1 Å². The molecule has 1 aromatic heterocycles. The van der Waals surface area contributed by atoms with Gasteiger partial charge in [0.25, 0.3) is 0 Å². The molecule has 0 spiro atoms. The van der Waals surface area contributed by atoms with E-state index < -0.39 is 24.7 Å². The minimum atomic E-state index is -4.38. The van der Waals surface area contributed by atoms with E-state index in [-0.39, 0.29) is 18.2 Å². The van der Waals surface area contributed by atoms with E-state index >= 15 is 0 Å². The molecule has 1 aliphatic rings. The monoisotopic (exact) mass is 413 g/mol. The summed E-state index contributed by atoms with van der Waals surface area (Å²) in [5, 5.41) is 5.85. The number of carbonyl (C=O) groups excluding carboxylic acids is 1. The van der Waals surface area contributed by atoms with Crippen LogP contribution in [-0.2, 0) is 4.79 Å². The Hall–Kier alpha value is -1.10. The van der Waals surface area contributed by atoms with Crippen molar-refractivity contribution in [3.63, 3.8) is 0 Å². The van der Waals surface area contributed by atoms with Crippen molar-refractivity contribution in [3.05, 3.63) is 17.5 Å². The van der Waals surface area contributed by atoms with Gasteiger partial charge in [-0.2, -0.15) is 13.2 Å². The van der Waals surface area contributed by atoms with E-state index in [1.165, 1.54) is 4.90 Å². The van der Waals surface area contributed by atoms with E-state index in [9.17, 15) is 18.0 Å². The maximum atomic E-state index is 13.3. The maximum Gasteiger partial charge on any atom is 0.405 e. The Morgan fingerprint density at radius 2 is 1.88 bits per heavy atom. The lowest BCUT2D eigenvalue weighted by Gasteiger charge is -2.35. The molecular formula is C15H23ClF3N5OS. The molecule has 2 heterocycles. The third-order valence-electron chi connectivity index (χ3n) is 3.76.